The van der Waals surface area contributed by atoms with Gasteiger partial charge in [0.05, 0.1) is 18.7 Å². The zero-order chi connectivity index (χ0) is 16.4. The van der Waals surface area contributed by atoms with E-state index in [4.69, 9.17) is 4.74 Å². The molecule has 2 aliphatic rings. The highest BCUT2D eigenvalue weighted by atomic mass is 16.5. The molecule has 3 heterocycles. The fourth-order valence-corrected chi connectivity index (χ4v) is 3.29. The Hall–Kier alpha value is -1.47. The summed E-state index contributed by atoms with van der Waals surface area (Å²) in [5, 5.41) is 11.6. The van der Waals surface area contributed by atoms with Crippen molar-refractivity contribution in [2.75, 3.05) is 19.7 Å². The average Bonchev–Trinajstić information content (AvgIpc) is 3.20. The molecule has 1 aromatic heterocycles. The molecule has 1 N–H and O–H groups in total. The number of hydrogen-bond acceptors (Lipinski definition) is 5. The number of nitrogens with one attached hydrogen (secondary N) is 1. The molecule has 0 bridgehead atoms. The number of amides is 1. The van der Waals surface area contributed by atoms with Crippen LogP contribution in [0.15, 0.2) is 0 Å². The van der Waals surface area contributed by atoms with E-state index < -0.39 is 0 Å². The standard InChI is InChI=1S/C16H27N5O2/c1-11(2)15-19-18-14-10-20(6-7-21(14)15)12(3)16(22)17-9-13-5-4-8-23-13/h11-13H,4-10H2,1-3H3,(H,17,22). The van der Waals surface area contributed by atoms with E-state index in [1.807, 2.05) is 6.92 Å². The highest BCUT2D eigenvalue weighted by molar-refractivity contribution is 5.81. The monoisotopic (exact) mass is 321 g/mol. The number of fused-ring (bicyclic) bond motifs is 1. The van der Waals surface area contributed by atoms with E-state index in [0.717, 1.165) is 44.2 Å². The Bertz CT molecular complexity index is 551. The molecule has 0 saturated carbocycles. The first kappa shape index (κ1) is 16.4. The third-order valence-corrected chi connectivity index (χ3v) is 4.78. The van der Waals surface area contributed by atoms with Crippen LogP contribution in [0.25, 0.3) is 0 Å². The lowest BCUT2D eigenvalue weighted by Gasteiger charge is -2.32. The minimum absolute atomic E-state index is 0.0672. The first-order valence-corrected chi connectivity index (χ1v) is 8.61. The van der Waals surface area contributed by atoms with Crippen molar-refractivity contribution >= 4 is 5.91 Å². The normalized spacial score (nSPS) is 23.0. The molecule has 2 aliphatic heterocycles. The molecule has 7 nitrogen and oxygen atoms in total. The van der Waals surface area contributed by atoms with Gasteiger partial charge in [-0.15, -0.1) is 10.2 Å². The van der Waals surface area contributed by atoms with Crippen molar-refractivity contribution in [3.8, 4) is 0 Å². The summed E-state index contributed by atoms with van der Waals surface area (Å²) < 4.78 is 7.74. The fourth-order valence-electron chi connectivity index (χ4n) is 3.29. The Morgan fingerprint density at radius 1 is 1.35 bits per heavy atom. The third kappa shape index (κ3) is 3.55. The predicted molar refractivity (Wildman–Crippen MR) is 86.0 cm³/mol. The van der Waals surface area contributed by atoms with Crippen LogP contribution in [-0.2, 0) is 22.6 Å². The summed E-state index contributed by atoms with van der Waals surface area (Å²) in [5.41, 5.74) is 0. The van der Waals surface area contributed by atoms with E-state index >= 15 is 0 Å². The Labute approximate surface area is 137 Å². The molecule has 2 unspecified atom stereocenters. The molecular weight excluding hydrogens is 294 g/mol. The highest BCUT2D eigenvalue weighted by Crippen LogP contribution is 2.19. The van der Waals surface area contributed by atoms with Gasteiger partial charge < -0.3 is 14.6 Å². The van der Waals surface area contributed by atoms with E-state index in [2.05, 4.69) is 38.8 Å². The first-order valence-electron chi connectivity index (χ1n) is 8.61. The molecule has 7 heteroatoms. The summed E-state index contributed by atoms with van der Waals surface area (Å²) in [6.45, 7) is 10.0. The molecule has 1 fully saturated rings. The van der Waals surface area contributed by atoms with Gasteiger partial charge in [0.1, 0.15) is 11.6 Å². The predicted octanol–water partition coefficient (Wildman–Crippen LogP) is 0.901. The molecule has 2 atom stereocenters. The lowest BCUT2D eigenvalue weighted by Crippen LogP contribution is -2.49. The zero-order valence-corrected chi connectivity index (χ0v) is 14.3. The molecule has 0 spiro atoms. The first-order chi connectivity index (χ1) is 11.1. The van der Waals surface area contributed by atoms with Crippen LogP contribution < -0.4 is 5.32 Å². The Morgan fingerprint density at radius 3 is 2.87 bits per heavy atom. The van der Waals surface area contributed by atoms with Crippen LogP contribution in [0.2, 0.25) is 0 Å². The minimum Gasteiger partial charge on any atom is -0.376 e. The van der Waals surface area contributed by atoms with Crippen molar-refractivity contribution in [1.82, 2.24) is 25.0 Å². The van der Waals surface area contributed by atoms with E-state index in [1.54, 1.807) is 0 Å². The fraction of sp³-hybridized carbons (Fsp3) is 0.812. The Balaban J connectivity index is 1.55. The number of carbonyl (C=O) groups excluding carboxylic acids is 1. The topological polar surface area (TPSA) is 72.3 Å². The summed E-state index contributed by atoms with van der Waals surface area (Å²) in [6, 6.07) is -0.163. The number of aromatic nitrogens is 3. The van der Waals surface area contributed by atoms with Crippen LogP contribution in [0.1, 0.15) is 51.2 Å². The van der Waals surface area contributed by atoms with Gasteiger partial charge in [0.15, 0.2) is 0 Å². The third-order valence-electron chi connectivity index (χ3n) is 4.78. The van der Waals surface area contributed by atoms with E-state index in [-0.39, 0.29) is 18.1 Å². The van der Waals surface area contributed by atoms with Gasteiger partial charge in [-0.3, -0.25) is 9.69 Å². The largest absolute Gasteiger partial charge is 0.376 e. The Morgan fingerprint density at radius 2 is 2.17 bits per heavy atom. The van der Waals surface area contributed by atoms with Crippen molar-refractivity contribution in [3.63, 3.8) is 0 Å². The van der Waals surface area contributed by atoms with Crippen molar-refractivity contribution in [2.24, 2.45) is 0 Å². The van der Waals surface area contributed by atoms with E-state index in [9.17, 15) is 4.79 Å². The SMILES string of the molecule is CC(C)c1nnc2n1CCN(C(C)C(=O)NCC1CCCO1)C2. The smallest absolute Gasteiger partial charge is 0.237 e. The maximum Gasteiger partial charge on any atom is 0.237 e. The van der Waals surface area contributed by atoms with Crippen LogP contribution >= 0.6 is 0 Å². The van der Waals surface area contributed by atoms with Crippen molar-refractivity contribution < 1.29 is 9.53 Å². The second-order valence-corrected chi connectivity index (χ2v) is 6.81. The van der Waals surface area contributed by atoms with Gasteiger partial charge in [-0.2, -0.15) is 0 Å². The van der Waals surface area contributed by atoms with Gasteiger partial charge in [-0.05, 0) is 19.8 Å². The van der Waals surface area contributed by atoms with E-state index in [0.29, 0.717) is 19.0 Å². The van der Waals surface area contributed by atoms with Gasteiger partial charge in [0, 0.05) is 32.2 Å². The lowest BCUT2D eigenvalue weighted by atomic mass is 10.2. The van der Waals surface area contributed by atoms with Crippen LogP contribution in [0.4, 0.5) is 0 Å². The zero-order valence-electron chi connectivity index (χ0n) is 14.3. The van der Waals surface area contributed by atoms with Crippen LogP contribution in [-0.4, -0.2) is 57.4 Å². The molecule has 1 aromatic rings. The van der Waals surface area contributed by atoms with Gasteiger partial charge >= 0.3 is 0 Å². The molecule has 1 amide bonds. The average molecular weight is 321 g/mol. The molecule has 3 rings (SSSR count). The van der Waals surface area contributed by atoms with E-state index in [1.165, 1.54) is 0 Å². The quantitative estimate of drug-likeness (QED) is 0.872. The molecule has 128 valence electrons. The van der Waals surface area contributed by atoms with Crippen molar-refractivity contribution in [3.05, 3.63) is 11.6 Å². The number of carbonyl (C=O) groups is 1. The number of ether oxygens (including phenoxy) is 1. The number of hydrogen-bond donors (Lipinski definition) is 1. The van der Waals surface area contributed by atoms with Crippen LogP contribution in [0.3, 0.4) is 0 Å². The summed E-state index contributed by atoms with van der Waals surface area (Å²) >= 11 is 0. The highest BCUT2D eigenvalue weighted by Gasteiger charge is 2.28. The lowest BCUT2D eigenvalue weighted by molar-refractivity contribution is -0.127. The van der Waals surface area contributed by atoms with Crippen molar-refractivity contribution in [1.29, 1.82) is 0 Å². The molecule has 0 radical (unpaired) electrons. The molecule has 1 saturated heterocycles. The second kappa shape index (κ2) is 6.97. The molecule has 0 aromatic carbocycles. The molecule has 23 heavy (non-hydrogen) atoms. The van der Waals surface area contributed by atoms with Gasteiger partial charge in [-0.25, -0.2) is 0 Å². The Kier molecular flexibility index (Phi) is 4.96. The van der Waals surface area contributed by atoms with Crippen molar-refractivity contribution in [2.45, 2.75) is 64.8 Å². The number of rotatable bonds is 5. The van der Waals surface area contributed by atoms with Gasteiger partial charge in [0.2, 0.25) is 5.91 Å². The number of nitrogens with zero attached hydrogens (tertiary/aromatic N) is 4. The molecule has 0 aliphatic carbocycles. The second-order valence-electron chi connectivity index (χ2n) is 6.81. The summed E-state index contributed by atoms with van der Waals surface area (Å²) in [7, 11) is 0. The van der Waals surface area contributed by atoms with Gasteiger partial charge in [0.25, 0.3) is 0 Å². The summed E-state index contributed by atoms with van der Waals surface area (Å²) in [5.74, 6) is 2.43. The molecular formula is C16H27N5O2. The maximum absolute atomic E-state index is 12.4. The van der Waals surface area contributed by atoms with Crippen LogP contribution in [0, 0.1) is 0 Å². The van der Waals surface area contributed by atoms with Gasteiger partial charge in [-0.1, -0.05) is 13.8 Å². The van der Waals surface area contributed by atoms with Crippen LogP contribution in [0.5, 0.6) is 0 Å². The summed E-state index contributed by atoms with van der Waals surface area (Å²) in [6.07, 6.45) is 2.32. The maximum atomic E-state index is 12.4. The summed E-state index contributed by atoms with van der Waals surface area (Å²) in [4.78, 5) is 14.5. The minimum atomic E-state index is -0.163.